The van der Waals surface area contributed by atoms with Gasteiger partial charge in [-0.25, -0.2) is 0 Å². The highest BCUT2D eigenvalue weighted by atomic mass is 15.1. The lowest BCUT2D eigenvalue weighted by molar-refractivity contribution is 0.291. The average molecular weight is 215 g/mol. The van der Waals surface area contributed by atoms with Crippen LogP contribution in [0.3, 0.4) is 0 Å². The molecule has 0 saturated heterocycles. The molecule has 3 heteroatoms. The van der Waals surface area contributed by atoms with Crippen LogP contribution in [0.15, 0.2) is 0 Å². The summed E-state index contributed by atoms with van der Waals surface area (Å²) in [6.45, 7) is 5.87. The summed E-state index contributed by atoms with van der Waals surface area (Å²) in [5.74, 6) is 0. The first-order valence-corrected chi connectivity index (χ1v) is 6.06. The lowest BCUT2D eigenvalue weighted by Gasteiger charge is -2.19. The zero-order valence-corrected chi connectivity index (χ0v) is 11.2. The Morgan fingerprint density at radius 1 is 1.00 bits per heavy atom. The van der Waals surface area contributed by atoms with E-state index in [1.54, 1.807) is 0 Å². The van der Waals surface area contributed by atoms with E-state index in [1.807, 2.05) is 7.05 Å². The Kier molecular flexibility index (Phi) is 9.06. The van der Waals surface area contributed by atoms with Crippen molar-refractivity contribution >= 4 is 0 Å². The molecule has 0 amide bonds. The second-order valence-corrected chi connectivity index (χ2v) is 4.79. The van der Waals surface area contributed by atoms with Crippen molar-refractivity contribution in [1.82, 2.24) is 15.1 Å². The van der Waals surface area contributed by atoms with Gasteiger partial charge in [-0.15, -0.1) is 0 Å². The molecule has 0 rings (SSSR count). The first kappa shape index (κ1) is 14.9. The minimum absolute atomic E-state index is 0.653. The lowest BCUT2D eigenvalue weighted by Crippen LogP contribution is -2.27. The van der Waals surface area contributed by atoms with Crippen molar-refractivity contribution in [3.05, 3.63) is 0 Å². The van der Waals surface area contributed by atoms with E-state index in [-0.39, 0.29) is 0 Å². The van der Waals surface area contributed by atoms with E-state index in [0.717, 1.165) is 0 Å². The summed E-state index contributed by atoms with van der Waals surface area (Å²) >= 11 is 0. The smallest absolute Gasteiger partial charge is 0.00362 e. The van der Waals surface area contributed by atoms with Crippen LogP contribution >= 0.6 is 0 Å². The molecule has 0 fully saturated rings. The molecule has 1 unspecified atom stereocenters. The van der Waals surface area contributed by atoms with Crippen molar-refractivity contribution in [3.63, 3.8) is 0 Å². The molecule has 0 radical (unpaired) electrons. The molecule has 0 spiro atoms. The van der Waals surface area contributed by atoms with Crippen molar-refractivity contribution in [1.29, 1.82) is 0 Å². The number of hydrogen-bond acceptors (Lipinski definition) is 3. The van der Waals surface area contributed by atoms with Crippen molar-refractivity contribution in [2.24, 2.45) is 0 Å². The van der Waals surface area contributed by atoms with Gasteiger partial charge in [0.2, 0.25) is 0 Å². The topological polar surface area (TPSA) is 18.5 Å². The van der Waals surface area contributed by atoms with E-state index < -0.39 is 0 Å². The monoisotopic (exact) mass is 215 g/mol. The maximum atomic E-state index is 3.27. The number of nitrogens with zero attached hydrogens (tertiary/aromatic N) is 2. The third kappa shape index (κ3) is 10.2. The highest BCUT2D eigenvalue weighted by molar-refractivity contribution is 4.60. The molecule has 0 heterocycles. The Hall–Kier alpha value is -0.120. The summed E-state index contributed by atoms with van der Waals surface area (Å²) < 4.78 is 0. The largest absolute Gasteiger partial charge is 0.317 e. The van der Waals surface area contributed by atoms with Crippen molar-refractivity contribution < 1.29 is 0 Å². The molecule has 92 valence electrons. The maximum absolute atomic E-state index is 3.27. The zero-order chi connectivity index (χ0) is 11.7. The molecule has 0 aliphatic heterocycles. The predicted octanol–water partition coefficient (Wildman–Crippen LogP) is 1.26. The molecule has 0 aromatic carbocycles. The molecule has 15 heavy (non-hydrogen) atoms. The molecule has 0 aliphatic rings. The Labute approximate surface area is 95.8 Å². The molecule has 3 nitrogen and oxygen atoms in total. The number of rotatable bonds is 9. The summed E-state index contributed by atoms with van der Waals surface area (Å²) in [6, 6.07) is 0.653. The van der Waals surface area contributed by atoms with Gasteiger partial charge >= 0.3 is 0 Å². The highest BCUT2D eigenvalue weighted by Gasteiger charge is 2.01. The predicted molar refractivity (Wildman–Crippen MR) is 68.4 cm³/mol. The highest BCUT2D eigenvalue weighted by Crippen LogP contribution is 1.98. The molecule has 0 aliphatic carbocycles. The summed E-state index contributed by atoms with van der Waals surface area (Å²) in [7, 11) is 8.52. The van der Waals surface area contributed by atoms with Gasteiger partial charge < -0.3 is 15.1 Å². The van der Waals surface area contributed by atoms with Crippen LogP contribution in [0, 0.1) is 0 Å². The van der Waals surface area contributed by atoms with Crippen LogP contribution in [0.1, 0.15) is 26.2 Å². The van der Waals surface area contributed by atoms with Crippen LogP contribution in [0.25, 0.3) is 0 Å². The van der Waals surface area contributed by atoms with Gasteiger partial charge in [0.25, 0.3) is 0 Å². The second kappa shape index (κ2) is 9.13. The third-order valence-electron chi connectivity index (χ3n) is 2.81. The van der Waals surface area contributed by atoms with Gasteiger partial charge in [-0.2, -0.15) is 0 Å². The molecule has 0 bridgehead atoms. The summed E-state index contributed by atoms with van der Waals surface area (Å²) in [5.41, 5.74) is 0. The molecular formula is C12H29N3. The van der Waals surface area contributed by atoms with Crippen molar-refractivity contribution in [3.8, 4) is 0 Å². The van der Waals surface area contributed by atoms with E-state index in [0.29, 0.717) is 6.04 Å². The fraction of sp³-hybridized carbons (Fsp3) is 1.00. The molecule has 0 saturated carbocycles. The first-order chi connectivity index (χ1) is 7.06. The fourth-order valence-corrected chi connectivity index (χ4v) is 1.58. The molecule has 1 atom stereocenters. The van der Waals surface area contributed by atoms with Crippen molar-refractivity contribution in [2.45, 2.75) is 32.2 Å². The Morgan fingerprint density at radius 3 is 2.13 bits per heavy atom. The fourth-order valence-electron chi connectivity index (χ4n) is 1.58. The minimum atomic E-state index is 0.653. The summed E-state index contributed by atoms with van der Waals surface area (Å²) in [4.78, 5) is 4.68. The molecule has 0 aromatic rings. The maximum Gasteiger partial charge on any atom is 0.00362 e. The van der Waals surface area contributed by atoms with Crippen LogP contribution in [-0.4, -0.2) is 63.7 Å². The molecule has 0 aromatic heterocycles. The normalized spacial score (nSPS) is 13.8. The van der Waals surface area contributed by atoms with Gasteiger partial charge in [-0.3, -0.25) is 0 Å². The van der Waals surface area contributed by atoms with Crippen LogP contribution in [-0.2, 0) is 0 Å². The second-order valence-electron chi connectivity index (χ2n) is 4.79. The van der Waals surface area contributed by atoms with Gasteiger partial charge in [0.15, 0.2) is 0 Å². The Balaban J connectivity index is 3.29. The van der Waals surface area contributed by atoms with Crippen molar-refractivity contribution in [2.75, 3.05) is 47.8 Å². The van der Waals surface area contributed by atoms with E-state index in [2.05, 4.69) is 43.2 Å². The zero-order valence-electron chi connectivity index (χ0n) is 11.2. The van der Waals surface area contributed by atoms with Gasteiger partial charge in [0.05, 0.1) is 0 Å². The number of hydrogen-bond donors (Lipinski definition) is 1. The third-order valence-corrected chi connectivity index (χ3v) is 2.81. The van der Waals surface area contributed by atoms with Crippen LogP contribution in [0.5, 0.6) is 0 Å². The van der Waals surface area contributed by atoms with Gasteiger partial charge in [0.1, 0.15) is 0 Å². The quantitative estimate of drug-likeness (QED) is 0.625. The SMILES string of the molecule is CNC(C)CCCN(C)CCCN(C)C. The van der Waals surface area contributed by atoms with Gasteiger partial charge in [-0.05, 0) is 74.0 Å². The van der Waals surface area contributed by atoms with E-state index >= 15 is 0 Å². The average Bonchev–Trinajstić information content (AvgIpc) is 2.17. The van der Waals surface area contributed by atoms with Gasteiger partial charge in [-0.1, -0.05) is 0 Å². The molecular weight excluding hydrogens is 186 g/mol. The Bertz CT molecular complexity index is 137. The standard InChI is InChI=1S/C12H29N3/c1-12(13-2)8-6-10-15(5)11-7-9-14(3)4/h12-13H,6-11H2,1-5H3. The van der Waals surface area contributed by atoms with E-state index in [9.17, 15) is 0 Å². The molecule has 1 N–H and O–H groups in total. The van der Waals surface area contributed by atoms with Crippen LogP contribution in [0.2, 0.25) is 0 Å². The Morgan fingerprint density at radius 2 is 1.60 bits per heavy atom. The van der Waals surface area contributed by atoms with E-state index in [4.69, 9.17) is 0 Å². The van der Waals surface area contributed by atoms with E-state index in [1.165, 1.54) is 38.9 Å². The lowest BCUT2D eigenvalue weighted by atomic mass is 10.2. The summed E-state index contributed by atoms with van der Waals surface area (Å²) in [6.07, 6.45) is 3.83. The van der Waals surface area contributed by atoms with Crippen LogP contribution < -0.4 is 5.32 Å². The minimum Gasteiger partial charge on any atom is -0.317 e. The number of nitrogens with one attached hydrogen (secondary N) is 1. The summed E-state index contributed by atoms with van der Waals surface area (Å²) in [5, 5.41) is 3.27. The van der Waals surface area contributed by atoms with Gasteiger partial charge in [0, 0.05) is 6.04 Å². The first-order valence-electron chi connectivity index (χ1n) is 6.06. The van der Waals surface area contributed by atoms with Crippen LogP contribution in [0.4, 0.5) is 0 Å².